The smallest absolute Gasteiger partial charge is 0.299 e. The maximum Gasteiger partial charge on any atom is 0.299 e. The summed E-state index contributed by atoms with van der Waals surface area (Å²) in [5.41, 5.74) is -0.363. The van der Waals surface area contributed by atoms with E-state index in [4.69, 9.17) is 4.74 Å². The van der Waals surface area contributed by atoms with Crippen LogP contribution < -0.4 is 47.0 Å². The predicted molar refractivity (Wildman–Crippen MR) is 346 cm³/mol. The molecule has 494 valence electrons. The lowest BCUT2D eigenvalue weighted by Crippen LogP contribution is -2.41. The van der Waals surface area contributed by atoms with Crippen LogP contribution in [-0.2, 0) is 25.0 Å². The minimum absolute atomic E-state index is 0.000529. The molecule has 7 aromatic rings. The van der Waals surface area contributed by atoms with E-state index in [0.29, 0.717) is 30.0 Å². The highest BCUT2D eigenvalue weighted by molar-refractivity contribution is 7.86. The maximum atomic E-state index is 13.3. The molecule has 0 aliphatic carbocycles. The van der Waals surface area contributed by atoms with Gasteiger partial charge in [-0.2, -0.15) is 46.7 Å². The topological polar surface area (TPSA) is 467 Å². The molecule has 1 unspecified atom stereocenters. The number of likely N-dealkylation sites (N-methyl/N-ethyl adjacent to an activating group) is 1. The molecule has 0 bridgehead atoms. The Kier molecular flexibility index (Phi) is 24.0. The van der Waals surface area contributed by atoms with Gasteiger partial charge in [-0.15, -0.1) is 0 Å². The molecule has 0 saturated heterocycles. The third-order valence-electron chi connectivity index (χ3n) is 13.3. The zero-order chi connectivity index (χ0) is 67.6. The second-order valence-electron chi connectivity index (χ2n) is 21.0. The second kappa shape index (κ2) is 31.7. The highest BCUT2D eigenvalue weighted by Gasteiger charge is 2.27. The molecule has 2 aromatic heterocycles. The van der Waals surface area contributed by atoms with Gasteiger partial charge in [-0.05, 0) is 124 Å². The van der Waals surface area contributed by atoms with E-state index < -0.39 is 68.9 Å². The van der Waals surface area contributed by atoms with Gasteiger partial charge >= 0.3 is 0 Å². The number of non-ortho nitro benzene ring substituents is 1. The number of nitrogens with one attached hydrogen (secondary N) is 7. The van der Waals surface area contributed by atoms with Crippen molar-refractivity contribution in [3.63, 3.8) is 0 Å². The van der Waals surface area contributed by atoms with Crippen molar-refractivity contribution in [3.05, 3.63) is 146 Å². The van der Waals surface area contributed by atoms with Gasteiger partial charge in [0, 0.05) is 85.8 Å². The number of aromatic nitrogens is 6. The first-order chi connectivity index (χ1) is 44.2. The molecular formula is C58H69N17O16S2. The van der Waals surface area contributed by atoms with Crippen molar-refractivity contribution in [2.24, 2.45) is 0 Å². The number of hydrogen-bond donors (Lipinski definition) is 12. The van der Waals surface area contributed by atoms with Crippen LogP contribution in [0.5, 0.6) is 0 Å². The maximum absolute atomic E-state index is 13.3. The van der Waals surface area contributed by atoms with Crippen molar-refractivity contribution in [2.75, 3.05) is 102 Å². The van der Waals surface area contributed by atoms with Crippen LogP contribution in [0.25, 0.3) is 12.2 Å². The molecule has 5 aromatic carbocycles. The number of ether oxygens (including phenoxy) is 1. The minimum Gasteiger partial charge on any atom is -0.395 e. The van der Waals surface area contributed by atoms with Crippen LogP contribution in [-0.4, -0.2) is 170 Å². The Bertz CT molecular complexity index is 4070. The molecule has 0 fully saturated rings. The number of aliphatic hydroxyl groups is 3. The average Bonchev–Trinajstić information content (AvgIpc) is 0.879. The summed E-state index contributed by atoms with van der Waals surface area (Å²) in [6, 6.07) is 23.4. The van der Waals surface area contributed by atoms with Gasteiger partial charge in [0.1, 0.15) is 15.5 Å². The molecule has 0 saturated carbocycles. The van der Waals surface area contributed by atoms with E-state index >= 15 is 0 Å². The number of benzene rings is 5. The SMILES string of the molecule is CCCNC(=O)c1ccc(Nc2nc(Nc3ccc(/C=C/c4ccc(Nc5nc(Nc6ccc(C(=O)NCC(C)OC(C)(C)CNc7ccc([N+](=O)[O-])cc7[N+](=O)[O-])cc6)nc(N(CC)CCO)n5)cc4S(=O)(=O)O)c(S(=O)(=O)O)c3)nc(N(CCO)CCO)n2)cc1. The number of hydrogen-bond acceptors (Lipinski definition) is 27. The Labute approximate surface area is 533 Å². The van der Waals surface area contributed by atoms with Gasteiger partial charge < -0.3 is 67.1 Å². The van der Waals surface area contributed by atoms with Crippen molar-refractivity contribution in [3.8, 4) is 0 Å². The monoisotopic (exact) mass is 1320 g/mol. The van der Waals surface area contributed by atoms with E-state index in [1.165, 1.54) is 59.5 Å². The third-order valence-corrected chi connectivity index (χ3v) is 15.2. The fourth-order valence-corrected chi connectivity index (χ4v) is 10.3. The Morgan fingerprint density at radius 2 is 1.03 bits per heavy atom. The molecule has 12 N–H and O–H groups in total. The number of aliphatic hydroxyl groups excluding tert-OH is 3. The fraction of sp³-hybridized carbons (Fsp3) is 0.310. The summed E-state index contributed by atoms with van der Waals surface area (Å²) >= 11 is 0. The van der Waals surface area contributed by atoms with Crippen LogP contribution in [0.4, 0.5) is 75.5 Å². The first kappa shape index (κ1) is 70.3. The fourth-order valence-electron chi connectivity index (χ4n) is 8.91. The largest absolute Gasteiger partial charge is 0.395 e. The van der Waals surface area contributed by atoms with Crippen LogP contribution in [0, 0.1) is 20.2 Å². The van der Waals surface area contributed by atoms with Gasteiger partial charge in [0.2, 0.25) is 35.7 Å². The molecule has 0 aliphatic rings. The van der Waals surface area contributed by atoms with Crippen LogP contribution >= 0.6 is 0 Å². The minimum atomic E-state index is -5.02. The lowest BCUT2D eigenvalue weighted by molar-refractivity contribution is -0.393. The summed E-state index contributed by atoms with van der Waals surface area (Å²) in [7, 11) is -10.0. The molecule has 2 heterocycles. The van der Waals surface area contributed by atoms with E-state index in [1.807, 2.05) is 6.92 Å². The van der Waals surface area contributed by atoms with Gasteiger partial charge in [-0.1, -0.05) is 31.2 Å². The number of nitrogens with zero attached hydrogens (tertiary/aromatic N) is 10. The van der Waals surface area contributed by atoms with Crippen LogP contribution in [0.2, 0.25) is 0 Å². The van der Waals surface area contributed by atoms with Gasteiger partial charge in [-0.3, -0.25) is 38.9 Å². The van der Waals surface area contributed by atoms with Gasteiger partial charge in [0.15, 0.2) is 0 Å². The molecule has 0 radical (unpaired) electrons. The summed E-state index contributed by atoms with van der Waals surface area (Å²) in [4.78, 5) is 75.6. The number of amides is 2. The zero-order valence-corrected chi connectivity index (χ0v) is 52.5. The summed E-state index contributed by atoms with van der Waals surface area (Å²) in [6.07, 6.45) is 2.59. The standard InChI is InChI=1S/C58H69N17O16S2/c1-6-24-59-50(79)39-12-16-41(17-13-39)63-53-67-55(71-57(70-53)73(26-29-77)27-30-78)65-44-21-11-38(49(32-44)93(88,89)90)9-8-37-10-20-43(31-48(37)92(85,86)87)64-54-66-52(68-56(69-54)72(7-2)25-28-76)62-42-18-14-40(15-19-42)51(80)60-34-36(3)91-58(4,5)35-61-46-23-22-45(74(81)82)33-47(46)75(83)84/h8-23,31-33,36,61,76-78H,6-7,24-30,34-35H2,1-5H3,(H,59,79)(H,60,80)(H,85,86,87)(H,88,89,90)(H2,62,64,66,68,69)(H2,63,65,67,70,71)/b9-8+. The highest BCUT2D eigenvalue weighted by atomic mass is 32.2. The molecule has 1 atom stereocenters. The van der Waals surface area contributed by atoms with Crippen molar-refractivity contribution in [1.82, 2.24) is 40.5 Å². The number of nitro benzene ring substituents is 2. The molecule has 2 amide bonds. The quantitative estimate of drug-likeness (QED) is 0.00912. The first-order valence-corrected chi connectivity index (χ1v) is 31.5. The average molecular weight is 1320 g/mol. The summed E-state index contributed by atoms with van der Waals surface area (Å²) in [6.45, 7) is 9.04. The second-order valence-corrected chi connectivity index (χ2v) is 23.7. The van der Waals surface area contributed by atoms with E-state index in [0.717, 1.165) is 30.7 Å². The predicted octanol–water partition coefficient (Wildman–Crippen LogP) is 6.29. The lowest BCUT2D eigenvalue weighted by atomic mass is 10.1. The van der Waals surface area contributed by atoms with Crippen molar-refractivity contribution < 1.29 is 65.4 Å². The Morgan fingerprint density at radius 1 is 0.602 bits per heavy atom. The first-order valence-electron chi connectivity index (χ1n) is 28.6. The highest BCUT2D eigenvalue weighted by Crippen LogP contribution is 2.32. The molecule has 7 rings (SSSR count). The van der Waals surface area contributed by atoms with Gasteiger partial charge in [0.05, 0.1) is 47.4 Å². The Morgan fingerprint density at radius 3 is 1.45 bits per heavy atom. The molecular weight excluding hydrogens is 1250 g/mol. The molecule has 0 spiro atoms. The number of nitro groups is 2. The summed E-state index contributed by atoms with van der Waals surface area (Å²) in [5, 5.41) is 72.6. The molecule has 35 heteroatoms. The Hall–Kier alpha value is -10.1. The van der Waals surface area contributed by atoms with Gasteiger partial charge in [-0.25, -0.2) is 0 Å². The number of carbonyl (C=O) groups excluding carboxylic acids is 2. The van der Waals surface area contributed by atoms with Crippen LogP contribution in [0.1, 0.15) is 72.9 Å². The lowest BCUT2D eigenvalue weighted by Gasteiger charge is -2.30. The Balaban J connectivity index is 1.06. The van der Waals surface area contributed by atoms with Crippen LogP contribution in [0.3, 0.4) is 0 Å². The molecule has 33 nitrogen and oxygen atoms in total. The summed E-state index contributed by atoms with van der Waals surface area (Å²) in [5.74, 6) is -0.939. The van der Waals surface area contributed by atoms with E-state index in [2.05, 4.69) is 67.1 Å². The molecule has 0 aliphatic heterocycles. The van der Waals surface area contributed by atoms with Crippen molar-refractivity contribution >= 4 is 120 Å². The van der Waals surface area contributed by atoms with Crippen molar-refractivity contribution in [1.29, 1.82) is 0 Å². The normalized spacial score (nSPS) is 12.0. The number of rotatable bonds is 34. The summed E-state index contributed by atoms with van der Waals surface area (Å²) < 4.78 is 79.0. The number of anilines is 11. The zero-order valence-electron chi connectivity index (χ0n) is 50.8. The van der Waals surface area contributed by atoms with Crippen molar-refractivity contribution in [2.45, 2.75) is 62.5 Å². The van der Waals surface area contributed by atoms with E-state index in [9.17, 15) is 71.1 Å². The van der Waals surface area contributed by atoms with Crippen LogP contribution in [0.15, 0.2) is 113 Å². The van der Waals surface area contributed by atoms with E-state index in [-0.39, 0.29) is 128 Å². The van der Waals surface area contributed by atoms with Gasteiger partial charge in [0.25, 0.3) is 43.4 Å². The third kappa shape index (κ3) is 20.2. The van der Waals surface area contributed by atoms with E-state index in [1.54, 1.807) is 69.0 Å². The molecule has 93 heavy (non-hydrogen) atoms. The number of carbonyl (C=O) groups is 2.